The summed E-state index contributed by atoms with van der Waals surface area (Å²) >= 11 is 0. The molecule has 0 bridgehead atoms. The van der Waals surface area contributed by atoms with Gasteiger partial charge >= 0.3 is 0 Å². The lowest BCUT2D eigenvalue weighted by molar-refractivity contribution is -0.115. The number of carbonyl (C=O) groups is 1. The Bertz CT molecular complexity index is 237. The SMILES string of the molecule is CC(N)=O.CCc1ccc(CC)cc1. The molecule has 0 aliphatic rings. The monoisotopic (exact) mass is 193 g/mol. The molecule has 2 N–H and O–H groups in total. The molecule has 0 spiro atoms. The first-order valence-corrected chi connectivity index (χ1v) is 4.94. The smallest absolute Gasteiger partial charge is 0.214 e. The maximum absolute atomic E-state index is 9.22. The zero-order chi connectivity index (χ0) is 11.0. The molecule has 1 aromatic rings. The van der Waals surface area contributed by atoms with Gasteiger partial charge in [-0.25, -0.2) is 0 Å². The Morgan fingerprint density at radius 2 is 1.29 bits per heavy atom. The minimum absolute atomic E-state index is 0.333. The summed E-state index contributed by atoms with van der Waals surface area (Å²) in [6, 6.07) is 8.83. The highest BCUT2D eigenvalue weighted by molar-refractivity contribution is 5.70. The lowest BCUT2D eigenvalue weighted by Gasteiger charge is -1.97. The van der Waals surface area contributed by atoms with Crippen LogP contribution in [0.15, 0.2) is 24.3 Å². The molecule has 0 aromatic heterocycles. The van der Waals surface area contributed by atoms with E-state index in [2.05, 4.69) is 43.8 Å². The van der Waals surface area contributed by atoms with Gasteiger partial charge in [-0.15, -0.1) is 0 Å². The van der Waals surface area contributed by atoms with Crippen LogP contribution in [-0.2, 0) is 17.6 Å². The van der Waals surface area contributed by atoms with E-state index in [9.17, 15) is 4.79 Å². The Hall–Kier alpha value is -1.31. The van der Waals surface area contributed by atoms with Crippen LogP contribution in [0.4, 0.5) is 0 Å². The molecule has 0 saturated carbocycles. The van der Waals surface area contributed by atoms with Gasteiger partial charge in [0.25, 0.3) is 0 Å². The number of nitrogens with two attached hydrogens (primary N) is 1. The fraction of sp³-hybridized carbons (Fsp3) is 0.417. The molecule has 1 aromatic carbocycles. The number of rotatable bonds is 2. The van der Waals surface area contributed by atoms with Gasteiger partial charge in [-0.2, -0.15) is 0 Å². The number of amides is 1. The van der Waals surface area contributed by atoms with Crippen LogP contribution in [-0.4, -0.2) is 5.91 Å². The fourth-order valence-corrected chi connectivity index (χ4v) is 1.01. The molecule has 78 valence electrons. The summed E-state index contributed by atoms with van der Waals surface area (Å²) in [7, 11) is 0. The molecule has 0 fully saturated rings. The van der Waals surface area contributed by atoms with E-state index >= 15 is 0 Å². The first-order chi connectivity index (χ1) is 6.60. The van der Waals surface area contributed by atoms with Crippen molar-refractivity contribution in [2.24, 2.45) is 5.73 Å². The Morgan fingerprint density at radius 1 is 1.07 bits per heavy atom. The quantitative estimate of drug-likeness (QED) is 0.769. The van der Waals surface area contributed by atoms with Crippen molar-refractivity contribution in [3.63, 3.8) is 0 Å². The van der Waals surface area contributed by atoms with E-state index in [1.54, 1.807) is 0 Å². The maximum atomic E-state index is 9.22. The third-order valence-electron chi connectivity index (χ3n) is 1.84. The molecule has 0 aliphatic carbocycles. The summed E-state index contributed by atoms with van der Waals surface area (Å²) in [5.74, 6) is -0.333. The maximum Gasteiger partial charge on any atom is 0.214 e. The highest BCUT2D eigenvalue weighted by atomic mass is 16.1. The Balaban J connectivity index is 0.000000364. The zero-order valence-electron chi connectivity index (χ0n) is 9.21. The zero-order valence-corrected chi connectivity index (χ0v) is 9.21. The van der Waals surface area contributed by atoms with E-state index in [4.69, 9.17) is 0 Å². The van der Waals surface area contributed by atoms with Crippen LogP contribution in [0.1, 0.15) is 31.9 Å². The van der Waals surface area contributed by atoms with Gasteiger partial charge in [0.1, 0.15) is 0 Å². The summed E-state index contributed by atoms with van der Waals surface area (Å²) in [5, 5.41) is 0. The predicted molar refractivity (Wildman–Crippen MR) is 60.1 cm³/mol. The van der Waals surface area contributed by atoms with Gasteiger partial charge in [-0.3, -0.25) is 4.79 Å². The number of hydrogen-bond acceptors (Lipinski definition) is 1. The van der Waals surface area contributed by atoms with Crippen molar-refractivity contribution in [1.82, 2.24) is 0 Å². The normalized spacial score (nSPS) is 8.79. The van der Waals surface area contributed by atoms with Gasteiger partial charge in [0.2, 0.25) is 5.91 Å². The summed E-state index contributed by atoms with van der Waals surface area (Å²) in [5.41, 5.74) is 7.33. The molecule has 0 aliphatic heterocycles. The fourth-order valence-electron chi connectivity index (χ4n) is 1.01. The number of benzene rings is 1. The molecule has 2 heteroatoms. The molecule has 2 nitrogen and oxygen atoms in total. The van der Waals surface area contributed by atoms with Crippen LogP contribution < -0.4 is 5.73 Å². The highest BCUT2D eigenvalue weighted by Gasteiger charge is 1.88. The first kappa shape index (κ1) is 12.7. The van der Waals surface area contributed by atoms with Crippen LogP contribution in [0.2, 0.25) is 0 Å². The van der Waals surface area contributed by atoms with Crippen molar-refractivity contribution in [1.29, 1.82) is 0 Å². The summed E-state index contributed by atoms with van der Waals surface area (Å²) in [6.45, 7) is 5.67. The average Bonchev–Trinajstić information content (AvgIpc) is 2.17. The van der Waals surface area contributed by atoms with E-state index in [0.29, 0.717) is 0 Å². The van der Waals surface area contributed by atoms with E-state index in [0.717, 1.165) is 12.8 Å². The van der Waals surface area contributed by atoms with Gasteiger partial charge < -0.3 is 5.73 Å². The minimum atomic E-state index is -0.333. The second kappa shape index (κ2) is 7.13. The second-order valence-electron chi connectivity index (χ2n) is 3.13. The van der Waals surface area contributed by atoms with Gasteiger partial charge in [0.05, 0.1) is 0 Å². The molecule has 0 heterocycles. The van der Waals surface area contributed by atoms with Crippen molar-refractivity contribution in [2.45, 2.75) is 33.6 Å². The average molecular weight is 193 g/mol. The molecule has 0 atom stereocenters. The first-order valence-electron chi connectivity index (χ1n) is 4.94. The molecule has 0 radical (unpaired) electrons. The summed E-state index contributed by atoms with van der Waals surface area (Å²) in [4.78, 5) is 9.22. The standard InChI is InChI=1S/C10H14.C2H5NO/c1-3-9-5-7-10(4-2)8-6-9;1-2(3)4/h5-8H,3-4H2,1-2H3;1H3,(H2,3,4). The van der Waals surface area contributed by atoms with Crippen molar-refractivity contribution < 1.29 is 4.79 Å². The Labute approximate surface area is 86.1 Å². The van der Waals surface area contributed by atoms with Crippen LogP contribution in [0.5, 0.6) is 0 Å². The van der Waals surface area contributed by atoms with E-state index < -0.39 is 0 Å². The lowest BCUT2D eigenvalue weighted by atomic mass is 10.1. The molecule has 1 amide bonds. The number of hydrogen-bond donors (Lipinski definition) is 1. The van der Waals surface area contributed by atoms with Crippen LogP contribution in [0.3, 0.4) is 0 Å². The van der Waals surface area contributed by atoms with Crippen molar-refractivity contribution in [2.75, 3.05) is 0 Å². The van der Waals surface area contributed by atoms with E-state index in [-0.39, 0.29) is 5.91 Å². The minimum Gasteiger partial charge on any atom is -0.370 e. The van der Waals surface area contributed by atoms with Crippen LogP contribution in [0, 0.1) is 0 Å². The lowest BCUT2D eigenvalue weighted by Crippen LogP contribution is -2.01. The van der Waals surface area contributed by atoms with Crippen molar-refractivity contribution >= 4 is 5.91 Å². The summed E-state index contributed by atoms with van der Waals surface area (Å²) < 4.78 is 0. The Morgan fingerprint density at radius 3 is 1.43 bits per heavy atom. The van der Waals surface area contributed by atoms with Gasteiger partial charge in [-0.05, 0) is 24.0 Å². The number of aryl methyl sites for hydroxylation is 2. The molecule has 0 saturated heterocycles. The largest absolute Gasteiger partial charge is 0.370 e. The molecule has 14 heavy (non-hydrogen) atoms. The van der Waals surface area contributed by atoms with Gasteiger partial charge in [0.15, 0.2) is 0 Å². The van der Waals surface area contributed by atoms with Crippen LogP contribution >= 0.6 is 0 Å². The predicted octanol–water partition coefficient (Wildman–Crippen LogP) is 2.30. The van der Waals surface area contributed by atoms with E-state index in [1.165, 1.54) is 18.1 Å². The molecule has 0 unspecified atom stereocenters. The van der Waals surface area contributed by atoms with Gasteiger partial charge in [-0.1, -0.05) is 38.1 Å². The van der Waals surface area contributed by atoms with Crippen molar-refractivity contribution in [3.05, 3.63) is 35.4 Å². The molecule has 1 rings (SSSR count). The second-order valence-corrected chi connectivity index (χ2v) is 3.13. The Kier molecular flexibility index (Phi) is 6.46. The molecular formula is C12H19NO. The van der Waals surface area contributed by atoms with E-state index in [1.807, 2.05) is 0 Å². The third-order valence-corrected chi connectivity index (χ3v) is 1.84. The van der Waals surface area contributed by atoms with Gasteiger partial charge in [0, 0.05) is 6.92 Å². The number of carbonyl (C=O) groups excluding carboxylic acids is 1. The van der Waals surface area contributed by atoms with Crippen molar-refractivity contribution in [3.8, 4) is 0 Å². The highest BCUT2D eigenvalue weighted by Crippen LogP contribution is 2.04. The third kappa shape index (κ3) is 6.23. The summed E-state index contributed by atoms with van der Waals surface area (Å²) in [6.07, 6.45) is 2.29. The number of primary amides is 1. The topological polar surface area (TPSA) is 43.1 Å². The molecular weight excluding hydrogens is 174 g/mol. The van der Waals surface area contributed by atoms with Crippen LogP contribution in [0.25, 0.3) is 0 Å².